The van der Waals surface area contributed by atoms with Gasteiger partial charge in [-0.15, -0.1) is 0 Å². The number of rotatable bonds is 10. The fourth-order valence-electron chi connectivity index (χ4n) is 8.21. The molecule has 1 saturated carbocycles. The Morgan fingerprint density at radius 2 is 1.75 bits per heavy atom. The maximum Gasteiger partial charge on any atom is 0.417 e. The number of hydrogen-bond acceptors (Lipinski definition) is 10. The Morgan fingerprint density at radius 1 is 1.07 bits per heavy atom. The van der Waals surface area contributed by atoms with Gasteiger partial charge in [-0.25, -0.2) is 9.78 Å². The van der Waals surface area contributed by atoms with Crippen molar-refractivity contribution in [3.05, 3.63) is 47.7 Å². The first-order valence-corrected chi connectivity index (χ1v) is 19.1. The summed E-state index contributed by atoms with van der Waals surface area (Å²) in [4.78, 5) is 63.3. The molecule has 14 nitrogen and oxygen atoms in total. The van der Waals surface area contributed by atoms with Crippen LogP contribution in [0.3, 0.4) is 0 Å². The van der Waals surface area contributed by atoms with Crippen molar-refractivity contribution in [2.24, 2.45) is 0 Å². The van der Waals surface area contributed by atoms with E-state index < -0.39 is 34.8 Å². The standard InChI is InChI=1S/C38H46F3N9O5S/c1-23-20-46(21-24(2)48(23)22-33(52)44-31-12-9-28(19-43-31)47-14-13-32(51)45-35(47)54)15-16-55-29-10-7-26(8-11-29)50-36(56)49(34(53)37(50,3)4)27-6-5-25(18-42)30(17-27)38(39,40)41/h5-6,9,12,17,19,23-24,26,29H,7-8,10-11,13-16,20-22H2,1-4H3,(H,43,44,52)(H,45,51,54)/t23-,24+,26?,29?. The number of halogens is 3. The van der Waals surface area contributed by atoms with Gasteiger partial charge in [-0.2, -0.15) is 18.4 Å². The molecule has 4 heterocycles. The van der Waals surface area contributed by atoms with E-state index in [4.69, 9.17) is 17.0 Å². The molecule has 4 fully saturated rings. The number of carbonyl (C=O) groups is 4. The fourth-order valence-corrected chi connectivity index (χ4v) is 8.78. The number of nitrogens with one attached hydrogen (secondary N) is 2. The molecule has 6 rings (SSSR count). The fraction of sp³-hybridized carbons (Fsp3) is 0.553. The van der Waals surface area contributed by atoms with Crippen molar-refractivity contribution < 1.29 is 37.1 Å². The van der Waals surface area contributed by atoms with Gasteiger partial charge in [0.25, 0.3) is 5.91 Å². The molecular weight excluding hydrogens is 752 g/mol. The number of anilines is 3. The third kappa shape index (κ3) is 8.65. The predicted octanol–water partition coefficient (Wildman–Crippen LogP) is 4.49. The molecule has 5 amide bonds. The number of urea groups is 1. The molecule has 2 N–H and O–H groups in total. The quantitative estimate of drug-likeness (QED) is 0.327. The highest BCUT2D eigenvalue weighted by atomic mass is 32.1. The van der Waals surface area contributed by atoms with E-state index in [0.29, 0.717) is 31.0 Å². The van der Waals surface area contributed by atoms with Crippen molar-refractivity contribution in [2.45, 2.75) is 95.7 Å². The topological polar surface area (TPSA) is 154 Å². The van der Waals surface area contributed by atoms with Crippen LogP contribution in [-0.2, 0) is 25.3 Å². The lowest BCUT2D eigenvalue weighted by Crippen LogP contribution is -2.58. The highest BCUT2D eigenvalue weighted by molar-refractivity contribution is 7.80. The van der Waals surface area contributed by atoms with Crippen LogP contribution in [0.15, 0.2) is 36.5 Å². The molecule has 2 atom stereocenters. The van der Waals surface area contributed by atoms with Gasteiger partial charge in [0.2, 0.25) is 11.8 Å². The van der Waals surface area contributed by atoms with Crippen LogP contribution in [0.4, 0.5) is 35.2 Å². The average molecular weight is 798 g/mol. The largest absolute Gasteiger partial charge is 0.417 e. The minimum atomic E-state index is -4.76. The van der Waals surface area contributed by atoms with Crippen molar-refractivity contribution in [3.8, 4) is 6.07 Å². The second-order valence-corrected chi connectivity index (χ2v) is 15.7. The van der Waals surface area contributed by atoms with Crippen LogP contribution in [0.5, 0.6) is 0 Å². The maximum absolute atomic E-state index is 13.7. The lowest BCUT2D eigenvalue weighted by Gasteiger charge is -2.44. The molecular formula is C38H46F3N9O5S. The van der Waals surface area contributed by atoms with E-state index in [1.165, 1.54) is 17.2 Å². The molecule has 3 aliphatic heterocycles. The zero-order chi connectivity index (χ0) is 40.5. The third-order valence-electron chi connectivity index (χ3n) is 11.1. The van der Waals surface area contributed by atoms with Crippen molar-refractivity contribution in [2.75, 3.05) is 54.4 Å². The summed E-state index contributed by atoms with van der Waals surface area (Å²) in [5.74, 6) is -0.567. The predicted molar refractivity (Wildman–Crippen MR) is 205 cm³/mol. The normalized spacial score (nSPS) is 25.0. The Hall–Kier alpha value is -4.70. The van der Waals surface area contributed by atoms with Gasteiger partial charge in [-0.1, -0.05) is 0 Å². The number of piperazine rings is 1. The van der Waals surface area contributed by atoms with Crippen LogP contribution in [0.2, 0.25) is 0 Å². The summed E-state index contributed by atoms with van der Waals surface area (Å²) in [5, 5.41) is 14.5. The summed E-state index contributed by atoms with van der Waals surface area (Å²) in [6.45, 7) is 10.9. The van der Waals surface area contributed by atoms with Gasteiger partial charge < -0.3 is 15.0 Å². The first-order chi connectivity index (χ1) is 26.5. The Morgan fingerprint density at radius 3 is 2.36 bits per heavy atom. The van der Waals surface area contributed by atoms with Gasteiger partial charge in [0, 0.05) is 50.7 Å². The molecule has 0 spiro atoms. The Kier molecular flexibility index (Phi) is 12.0. The van der Waals surface area contributed by atoms with Crippen molar-refractivity contribution in [1.29, 1.82) is 5.26 Å². The lowest BCUT2D eigenvalue weighted by molar-refractivity contribution is -0.137. The molecule has 56 heavy (non-hydrogen) atoms. The number of pyridine rings is 1. The van der Waals surface area contributed by atoms with Gasteiger partial charge in [0.1, 0.15) is 11.4 Å². The van der Waals surface area contributed by atoms with Gasteiger partial charge in [-0.3, -0.25) is 39.3 Å². The van der Waals surface area contributed by atoms with Gasteiger partial charge in [-0.05, 0) is 95.9 Å². The summed E-state index contributed by atoms with van der Waals surface area (Å²) >= 11 is 5.73. The number of aromatic nitrogens is 1. The Labute approximate surface area is 328 Å². The van der Waals surface area contributed by atoms with Crippen molar-refractivity contribution in [1.82, 2.24) is 25.0 Å². The van der Waals surface area contributed by atoms with E-state index in [9.17, 15) is 37.6 Å². The van der Waals surface area contributed by atoms with Crippen LogP contribution in [0, 0.1) is 11.3 Å². The first-order valence-electron chi connectivity index (χ1n) is 18.7. The summed E-state index contributed by atoms with van der Waals surface area (Å²) in [5.41, 5.74) is -2.19. The molecule has 4 aliphatic rings. The molecule has 0 bridgehead atoms. The SMILES string of the molecule is C[C@@H]1CN(CCOC2CCC(N3C(=S)N(c4ccc(C#N)c(C(F)(F)F)c4)C(=O)C3(C)C)CC2)C[C@H](C)N1CC(=O)Nc1ccc(N2CCC(=O)NC2=O)cn1. The molecule has 3 saturated heterocycles. The highest BCUT2D eigenvalue weighted by Gasteiger charge is 2.52. The van der Waals surface area contributed by atoms with E-state index >= 15 is 0 Å². The minimum absolute atomic E-state index is 0.0155. The number of nitriles is 1. The number of amides is 5. The second-order valence-electron chi connectivity index (χ2n) is 15.3. The van der Waals surface area contributed by atoms with Crippen molar-refractivity contribution >= 4 is 58.3 Å². The van der Waals surface area contributed by atoms with Crippen LogP contribution in [0.1, 0.15) is 70.9 Å². The summed E-state index contributed by atoms with van der Waals surface area (Å²) < 4.78 is 47.5. The zero-order valence-electron chi connectivity index (χ0n) is 31.8. The number of hydrogen-bond donors (Lipinski definition) is 2. The molecule has 1 aromatic carbocycles. The molecule has 0 radical (unpaired) electrons. The number of benzene rings is 1. The third-order valence-corrected chi connectivity index (χ3v) is 11.4. The van der Waals surface area contributed by atoms with E-state index in [2.05, 4.69) is 39.3 Å². The Balaban J connectivity index is 0.942. The van der Waals surface area contributed by atoms with Gasteiger partial charge in [0.15, 0.2) is 5.11 Å². The second kappa shape index (κ2) is 16.4. The summed E-state index contributed by atoms with van der Waals surface area (Å²) in [7, 11) is 0. The number of nitrogens with zero attached hydrogens (tertiary/aromatic N) is 7. The highest BCUT2D eigenvalue weighted by Crippen LogP contribution is 2.40. The van der Waals surface area contributed by atoms with Crippen LogP contribution < -0.4 is 20.4 Å². The summed E-state index contributed by atoms with van der Waals surface area (Å²) in [6, 6.07) is 7.71. The number of carbonyl (C=O) groups excluding carboxylic acids is 4. The molecule has 2 aromatic rings. The number of thiocarbonyl (C=S) groups is 1. The summed E-state index contributed by atoms with van der Waals surface area (Å²) in [6.07, 6.45) is -0.174. The van der Waals surface area contributed by atoms with E-state index in [1.807, 2.05) is 4.90 Å². The average Bonchev–Trinajstić information content (AvgIpc) is 3.32. The van der Waals surface area contributed by atoms with Crippen LogP contribution in [-0.4, -0.2) is 118 Å². The van der Waals surface area contributed by atoms with E-state index in [0.717, 1.165) is 49.5 Å². The van der Waals surface area contributed by atoms with Crippen molar-refractivity contribution in [3.63, 3.8) is 0 Å². The smallest absolute Gasteiger partial charge is 0.377 e. The van der Waals surface area contributed by atoms with Gasteiger partial charge in [0.05, 0.1) is 54.0 Å². The number of ether oxygens (including phenoxy) is 1. The van der Waals surface area contributed by atoms with E-state index in [1.54, 1.807) is 32.0 Å². The molecule has 18 heteroatoms. The monoisotopic (exact) mass is 797 g/mol. The minimum Gasteiger partial charge on any atom is -0.377 e. The lowest BCUT2D eigenvalue weighted by atomic mass is 9.89. The molecule has 1 aliphatic carbocycles. The molecule has 0 unspecified atom stereocenters. The van der Waals surface area contributed by atoms with Gasteiger partial charge >= 0.3 is 12.2 Å². The van der Waals surface area contributed by atoms with E-state index in [-0.39, 0.29) is 66.4 Å². The van der Waals surface area contributed by atoms with Crippen LogP contribution >= 0.6 is 12.2 Å². The van der Waals surface area contributed by atoms with Crippen LogP contribution in [0.25, 0.3) is 0 Å². The molecule has 1 aromatic heterocycles. The number of imide groups is 1. The maximum atomic E-state index is 13.7. The first kappa shape index (κ1) is 40.9. The number of alkyl halides is 3. The molecule has 300 valence electrons. The Bertz CT molecular complexity index is 1890. The zero-order valence-corrected chi connectivity index (χ0v) is 32.6.